The van der Waals surface area contributed by atoms with Gasteiger partial charge in [0.2, 0.25) is 0 Å². The number of ether oxygens (including phenoxy) is 1. The van der Waals surface area contributed by atoms with Crippen LogP contribution in [0.5, 0.6) is 0 Å². The van der Waals surface area contributed by atoms with Crippen LogP contribution in [0.1, 0.15) is 56.4 Å². The first kappa shape index (κ1) is 23.8. The molecule has 4 heterocycles. The Labute approximate surface area is 211 Å². The van der Waals surface area contributed by atoms with Crippen molar-refractivity contribution in [2.75, 3.05) is 7.11 Å². The lowest BCUT2D eigenvalue weighted by molar-refractivity contribution is -0.130. The number of furan rings is 1. The number of nitrogens with one attached hydrogen (secondary N) is 1. The fraction of sp³-hybridized carbons (Fsp3) is 0.308. The minimum absolute atomic E-state index is 0.0927. The summed E-state index contributed by atoms with van der Waals surface area (Å²) < 4.78 is 12.4. The van der Waals surface area contributed by atoms with E-state index in [9.17, 15) is 19.2 Å². The lowest BCUT2D eigenvalue weighted by atomic mass is 9.95. The van der Waals surface area contributed by atoms with Gasteiger partial charge in [-0.05, 0) is 74.9 Å². The highest BCUT2D eigenvalue weighted by atomic mass is 32.1. The minimum Gasteiger partial charge on any atom is -0.467 e. The quantitative estimate of drug-likeness (QED) is 0.317. The van der Waals surface area contributed by atoms with Crippen LogP contribution in [0, 0.1) is 13.8 Å². The lowest BCUT2D eigenvalue weighted by Crippen LogP contribution is -2.53. The maximum atomic E-state index is 13.1. The Hall–Kier alpha value is -3.92. The van der Waals surface area contributed by atoms with Gasteiger partial charge in [-0.1, -0.05) is 0 Å². The Balaban J connectivity index is 1.56. The van der Waals surface area contributed by atoms with Crippen molar-refractivity contribution in [2.45, 2.75) is 46.1 Å². The van der Waals surface area contributed by atoms with Gasteiger partial charge in [0.1, 0.15) is 16.3 Å². The van der Waals surface area contributed by atoms with Gasteiger partial charge in [0.15, 0.2) is 0 Å². The van der Waals surface area contributed by atoms with E-state index in [1.165, 1.54) is 24.3 Å². The molecule has 0 atom stereocenters. The fourth-order valence-corrected chi connectivity index (χ4v) is 6.31. The molecule has 0 radical (unpaired) electrons. The van der Waals surface area contributed by atoms with Crippen LogP contribution >= 0.6 is 11.3 Å². The summed E-state index contributed by atoms with van der Waals surface area (Å²) in [6, 6.07) is 4.36. The number of methoxy groups -OCH3 is 1. The van der Waals surface area contributed by atoms with Crippen molar-refractivity contribution in [2.24, 2.45) is 0 Å². The largest absolute Gasteiger partial charge is 0.467 e. The summed E-state index contributed by atoms with van der Waals surface area (Å²) in [5, 5.41) is 3.01. The van der Waals surface area contributed by atoms with E-state index in [1.807, 2.05) is 24.5 Å². The molecule has 1 aliphatic heterocycles. The number of rotatable bonds is 5. The van der Waals surface area contributed by atoms with Gasteiger partial charge in [0, 0.05) is 16.3 Å². The number of thiophene rings is 1. The summed E-state index contributed by atoms with van der Waals surface area (Å²) in [6.45, 7) is 3.69. The molecule has 0 bridgehead atoms. The third-order valence-electron chi connectivity index (χ3n) is 6.60. The van der Waals surface area contributed by atoms with Crippen molar-refractivity contribution >= 4 is 41.2 Å². The number of hydrogen-bond acceptors (Lipinski definition) is 7. The number of nitrogens with zero attached hydrogens (tertiary/aromatic N) is 2. The van der Waals surface area contributed by atoms with E-state index in [-0.39, 0.29) is 18.1 Å². The van der Waals surface area contributed by atoms with Crippen molar-refractivity contribution in [3.8, 4) is 5.00 Å². The average molecular weight is 508 g/mol. The highest BCUT2D eigenvalue weighted by molar-refractivity contribution is 7.15. The van der Waals surface area contributed by atoms with E-state index < -0.39 is 17.8 Å². The Morgan fingerprint density at radius 3 is 2.72 bits per heavy atom. The first-order valence-corrected chi connectivity index (χ1v) is 12.4. The van der Waals surface area contributed by atoms with Crippen molar-refractivity contribution in [1.29, 1.82) is 0 Å². The summed E-state index contributed by atoms with van der Waals surface area (Å²) >= 11 is 1.58. The number of fused-ring (bicyclic) bond motifs is 1. The Kier molecular flexibility index (Phi) is 6.13. The number of imide groups is 2. The number of carbonyl (C=O) groups excluding carboxylic acids is 4. The van der Waals surface area contributed by atoms with Gasteiger partial charge in [-0.2, -0.15) is 0 Å². The number of amides is 4. The van der Waals surface area contributed by atoms with Crippen LogP contribution in [-0.2, 0) is 33.7 Å². The highest BCUT2D eigenvalue weighted by Gasteiger charge is 2.36. The number of carbonyl (C=O) groups is 4. The first-order chi connectivity index (χ1) is 17.3. The Morgan fingerprint density at radius 1 is 1.22 bits per heavy atom. The number of urea groups is 1. The predicted molar refractivity (Wildman–Crippen MR) is 132 cm³/mol. The molecule has 10 heteroatoms. The molecule has 5 rings (SSSR count). The lowest BCUT2D eigenvalue weighted by Gasteiger charge is -2.25. The zero-order valence-electron chi connectivity index (χ0n) is 20.2. The Morgan fingerprint density at radius 2 is 2.00 bits per heavy atom. The van der Waals surface area contributed by atoms with Gasteiger partial charge in [0.25, 0.3) is 11.8 Å². The van der Waals surface area contributed by atoms with E-state index in [1.54, 1.807) is 23.5 Å². The monoisotopic (exact) mass is 507 g/mol. The molecule has 0 aromatic carbocycles. The molecule has 186 valence electrons. The van der Waals surface area contributed by atoms with E-state index in [4.69, 9.17) is 9.15 Å². The number of aromatic nitrogens is 1. The van der Waals surface area contributed by atoms with Gasteiger partial charge < -0.3 is 13.7 Å². The summed E-state index contributed by atoms with van der Waals surface area (Å²) in [7, 11) is 1.38. The van der Waals surface area contributed by atoms with E-state index in [0.717, 1.165) is 52.5 Å². The SMILES string of the molecule is COC(=O)c1c(-n2c(C)cc(C=C3C(=O)NC(=O)N(Cc4ccco4)C3=O)c2C)sc2c1CCCC2. The molecule has 1 saturated heterocycles. The third kappa shape index (κ3) is 3.97. The zero-order chi connectivity index (χ0) is 25.6. The average Bonchev–Trinajstić information content (AvgIpc) is 3.56. The molecule has 0 spiro atoms. The van der Waals surface area contributed by atoms with E-state index >= 15 is 0 Å². The normalized spacial score (nSPS) is 16.9. The molecule has 2 aliphatic rings. The van der Waals surface area contributed by atoms with Crippen LogP contribution < -0.4 is 5.32 Å². The highest BCUT2D eigenvalue weighted by Crippen LogP contribution is 2.39. The maximum absolute atomic E-state index is 13.1. The van der Waals surface area contributed by atoms with Crippen LogP contribution in [0.15, 0.2) is 34.5 Å². The summed E-state index contributed by atoms with van der Waals surface area (Å²) in [6.07, 6.45) is 6.81. The molecule has 36 heavy (non-hydrogen) atoms. The molecule has 0 unspecified atom stereocenters. The van der Waals surface area contributed by atoms with Crippen molar-refractivity contribution in [3.63, 3.8) is 0 Å². The standard InChI is InChI=1S/C26H25N3O6S/c1-14-11-16(12-19-22(30)27-26(33)28(23(19)31)13-17-7-6-10-35-17)15(2)29(14)24-21(25(32)34-3)18-8-4-5-9-20(18)36-24/h6-7,10-12H,4-5,8-9,13H2,1-3H3,(H,27,30,33). The molecule has 4 amide bonds. The van der Waals surface area contributed by atoms with Crippen LogP contribution in [0.25, 0.3) is 11.1 Å². The second-order valence-corrected chi connectivity index (χ2v) is 9.92. The molecule has 3 aromatic heterocycles. The van der Waals surface area contributed by atoms with Gasteiger partial charge in [-0.25, -0.2) is 9.59 Å². The molecule has 1 N–H and O–H groups in total. The minimum atomic E-state index is -0.795. The fourth-order valence-electron chi connectivity index (χ4n) is 4.82. The van der Waals surface area contributed by atoms with Gasteiger partial charge in [-0.15, -0.1) is 11.3 Å². The van der Waals surface area contributed by atoms with Crippen molar-refractivity contribution in [1.82, 2.24) is 14.8 Å². The Bertz CT molecular complexity index is 1430. The molecule has 1 aliphatic carbocycles. The molecule has 1 fully saturated rings. The molecule has 0 saturated carbocycles. The number of aryl methyl sites for hydroxylation is 2. The molecule has 9 nitrogen and oxygen atoms in total. The second kappa shape index (κ2) is 9.27. The van der Waals surface area contributed by atoms with Gasteiger partial charge >= 0.3 is 12.0 Å². The maximum Gasteiger partial charge on any atom is 0.341 e. The van der Waals surface area contributed by atoms with Crippen molar-refractivity contribution in [3.05, 3.63) is 68.8 Å². The zero-order valence-corrected chi connectivity index (χ0v) is 21.0. The predicted octanol–water partition coefficient (Wildman–Crippen LogP) is 4.08. The second-order valence-electron chi connectivity index (χ2n) is 8.83. The summed E-state index contributed by atoms with van der Waals surface area (Å²) in [5.41, 5.74) is 3.73. The van der Waals surface area contributed by atoms with Crippen LogP contribution in [-0.4, -0.2) is 40.4 Å². The number of esters is 1. The first-order valence-electron chi connectivity index (χ1n) is 11.6. The van der Waals surface area contributed by atoms with E-state index in [0.29, 0.717) is 16.9 Å². The smallest absolute Gasteiger partial charge is 0.341 e. The summed E-state index contributed by atoms with van der Waals surface area (Å²) in [5.74, 6) is -1.41. The van der Waals surface area contributed by atoms with Crippen LogP contribution in [0.2, 0.25) is 0 Å². The van der Waals surface area contributed by atoms with Crippen LogP contribution in [0.3, 0.4) is 0 Å². The third-order valence-corrected chi connectivity index (χ3v) is 7.87. The molecular weight excluding hydrogens is 482 g/mol. The van der Waals surface area contributed by atoms with Crippen LogP contribution in [0.4, 0.5) is 4.79 Å². The van der Waals surface area contributed by atoms with E-state index in [2.05, 4.69) is 5.32 Å². The summed E-state index contributed by atoms with van der Waals surface area (Å²) in [4.78, 5) is 53.0. The van der Waals surface area contributed by atoms with Gasteiger partial charge in [0.05, 0.1) is 25.5 Å². The molecular formula is C26H25N3O6S. The number of hydrogen-bond donors (Lipinski definition) is 1. The van der Waals surface area contributed by atoms with Gasteiger partial charge in [-0.3, -0.25) is 19.8 Å². The molecule has 3 aromatic rings. The topological polar surface area (TPSA) is 111 Å². The van der Waals surface area contributed by atoms with Crippen molar-refractivity contribution < 1.29 is 28.3 Å². The number of barbiturate groups is 1.